The Morgan fingerprint density at radius 1 is 1.07 bits per heavy atom. The number of hydrogen-bond acceptors (Lipinski definition) is 3. The monoisotopic (exact) mass is 396 g/mol. The lowest BCUT2D eigenvalue weighted by Gasteiger charge is -2.31. The topological polar surface area (TPSA) is 58.6 Å². The van der Waals surface area contributed by atoms with Crippen molar-refractivity contribution in [2.75, 3.05) is 7.11 Å². The molecule has 0 heterocycles. The van der Waals surface area contributed by atoms with Crippen LogP contribution in [0.3, 0.4) is 0 Å². The van der Waals surface area contributed by atoms with Crippen molar-refractivity contribution in [3.05, 3.63) is 65.2 Å². The predicted octanol–water partition coefficient (Wildman–Crippen LogP) is 3.88. The van der Waals surface area contributed by atoms with Gasteiger partial charge in [0.2, 0.25) is 11.8 Å². The van der Waals surface area contributed by atoms with E-state index in [2.05, 4.69) is 5.32 Å². The highest BCUT2D eigenvalue weighted by Crippen LogP contribution is 2.18. The molecule has 156 valence electrons. The second-order valence-electron chi connectivity index (χ2n) is 7.56. The van der Waals surface area contributed by atoms with E-state index < -0.39 is 6.04 Å². The van der Waals surface area contributed by atoms with Gasteiger partial charge >= 0.3 is 0 Å². The fourth-order valence-corrected chi connectivity index (χ4v) is 3.30. The van der Waals surface area contributed by atoms with Crippen molar-refractivity contribution in [3.8, 4) is 5.75 Å². The van der Waals surface area contributed by atoms with Crippen LogP contribution >= 0.6 is 0 Å². The molecule has 2 rings (SSSR count). The van der Waals surface area contributed by atoms with Crippen LogP contribution in [0.25, 0.3) is 0 Å². The molecule has 2 amide bonds. The zero-order chi connectivity index (χ0) is 21.4. The van der Waals surface area contributed by atoms with Crippen molar-refractivity contribution in [2.45, 2.75) is 59.2 Å². The Hall–Kier alpha value is -2.82. The van der Waals surface area contributed by atoms with Gasteiger partial charge in [-0.15, -0.1) is 0 Å². The van der Waals surface area contributed by atoms with E-state index in [-0.39, 0.29) is 24.3 Å². The zero-order valence-electron chi connectivity index (χ0n) is 18.1. The number of amides is 2. The molecule has 0 bridgehead atoms. The minimum Gasteiger partial charge on any atom is -0.497 e. The first-order valence-corrected chi connectivity index (χ1v) is 10.1. The first kappa shape index (κ1) is 22.5. The van der Waals surface area contributed by atoms with Crippen LogP contribution in [0, 0.1) is 6.92 Å². The lowest BCUT2D eigenvalue weighted by molar-refractivity contribution is -0.141. The molecule has 1 N–H and O–H groups in total. The van der Waals surface area contributed by atoms with Crippen LogP contribution in [0.15, 0.2) is 48.5 Å². The summed E-state index contributed by atoms with van der Waals surface area (Å²) in [7, 11) is 1.62. The van der Waals surface area contributed by atoms with Crippen LogP contribution in [0.1, 0.15) is 43.9 Å². The van der Waals surface area contributed by atoms with Gasteiger partial charge in [-0.1, -0.05) is 43.3 Å². The minimum atomic E-state index is -0.518. The van der Waals surface area contributed by atoms with Crippen molar-refractivity contribution in [2.24, 2.45) is 0 Å². The highest BCUT2D eigenvalue weighted by molar-refractivity contribution is 5.88. The number of nitrogens with zero attached hydrogens (tertiary/aromatic N) is 1. The molecule has 1 atom stereocenters. The molecule has 0 fully saturated rings. The lowest BCUT2D eigenvalue weighted by Crippen LogP contribution is -2.50. The van der Waals surface area contributed by atoms with Gasteiger partial charge in [0.15, 0.2) is 0 Å². The molecule has 29 heavy (non-hydrogen) atoms. The first-order valence-electron chi connectivity index (χ1n) is 10.1. The second kappa shape index (κ2) is 10.6. The highest BCUT2D eigenvalue weighted by atomic mass is 16.5. The van der Waals surface area contributed by atoms with Gasteiger partial charge in [0, 0.05) is 12.6 Å². The number of nitrogens with one attached hydrogen (secondary N) is 1. The molecule has 2 aromatic carbocycles. The second-order valence-corrected chi connectivity index (χ2v) is 7.56. The van der Waals surface area contributed by atoms with Crippen LogP contribution in [0.2, 0.25) is 0 Å². The molecule has 2 aromatic rings. The van der Waals surface area contributed by atoms with E-state index in [1.165, 1.54) is 0 Å². The van der Waals surface area contributed by atoms with Crippen LogP contribution in [-0.2, 0) is 22.6 Å². The quantitative estimate of drug-likeness (QED) is 0.700. The summed E-state index contributed by atoms with van der Waals surface area (Å²) in [6, 6.07) is 15.0. The lowest BCUT2D eigenvalue weighted by atomic mass is 10.0. The summed E-state index contributed by atoms with van der Waals surface area (Å²) in [5, 5.41) is 2.96. The number of carbonyl (C=O) groups is 2. The van der Waals surface area contributed by atoms with Gasteiger partial charge in [-0.25, -0.2) is 0 Å². The molecule has 0 radical (unpaired) electrons. The van der Waals surface area contributed by atoms with Crippen LogP contribution in [0.5, 0.6) is 5.75 Å². The molecular weight excluding hydrogens is 364 g/mol. The van der Waals surface area contributed by atoms with Gasteiger partial charge in [0.1, 0.15) is 11.8 Å². The summed E-state index contributed by atoms with van der Waals surface area (Å²) < 4.78 is 5.22. The third-order valence-electron chi connectivity index (χ3n) is 4.93. The Kier molecular flexibility index (Phi) is 8.25. The molecule has 0 aliphatic heterocycles. The standard InChI is InChI=1S/C24H32N2O3/c1-6-22(24(28)25-17(2)3)26(16-19-11-13-21(29-5)14-12-19)23(27)15-20-10-8-7-9-18(20)4/h7-14,17,22H,6,15-16H2,1-5H3,(H,25,28)/t22-/m0/s1. The molecular formula is C24H32N2O3. The van der Waals surface area contributed by atoms with Gasteiger partial charge < -0.3 is 15.0 Å². The third-order valence-corrected chi connectivity index (χ3v) is 4.93. The minimum absolute atomic E-state index is 0.0193. The molecule has 0 saturated carbocycles. The number of hydrogen-bond donors (Lipinski definition) is 1. The van der Waals surface area contributed by atoms with Gasteiger partial charge in [-0.05, 0) is 56.0 Å². The number of benzene rings is 2. The summed E-state index contributed by atoms with van der Waals surface area (Å²) in [5.74, 6) is 0.589. The van der Waals surface area contributed by atoms with Crippen molar-refractivity contribution < 1.29 is 14.3 Å². The molecule has 0 unspecified atom stereocenters. The molecule has 0 saturated heterocycles. The molecule has 5 heteroatoms. The molecule has 0 spiro atoms. The average Bonchev–Trinajstić information content (AvgIpc) is 2.69. The Bertz CT molecular complexity index is 815. The van der Waals surface area contributed by atoms with E-state index in [0.717, 1.165) is 22.4 Å². The van der Waals surface area contributed by atoms with E-state index in [1.54, 1.807) is 12.0 Å². The largest absolute Gasteiger partial charge is 0.497 e. The molecule has 0 aliphatic carbocycles. The Morgan fingerprint density at radius 2 is 1.72 bits per heavy atom. The van der Waals surface area contributed by atoms with Gasteiger partial charge in [-0.2, -0.15) is 0 Å². The van der Waals surface area contributed by atoms with E-state index in [0.29, 0.717) is 13.0 Å². The number of aryl methyl sites for hydroxylation is 1. The van der Waals surface area contributed by atoms with Gasteiger partial charge in [0.05, 0.1) is 13.5 Å². The smallest absolute Gasteiger partial charge is 0.243 e. The highest BCUT2D eigenvalue weighted by Gasteiger charge is 2.29. The van der Waals surface area contributed by atoms with Crippen molar-refractivity contribution in [1.82, 2.24) is 10.2 Å². The van der Waals surface area contributed by atoms with Crippen molar-refractivity contribution in [3.63, 3.8) is 0 Å². The van der Waals surface area contributed by atoms with Gasteiger partial charge in [-0.3, -0.25) is 9.59 Å². The summed E-state index contributed by atoms with van der Waals surface area (Å²) in [6.45, 7) is 8.16. The normalized spacial score (nSPS) is 11.8. The van der Waals surface area contributed by atoms with Crippen molar-refractivity contribution in [1.29, 1.82) is 0 Å². The van der Waals surface area contributed by atoms with Crippen LogP contribution < -0.4 is 10.1 Å². The van der Waals surface area contributed by atoms with Crippen molar-refractivity contribution >= 4 is 11.8 Å². The number of rotatable bonds is 9. The fourth-order valence-electron chi connectivity index (χ4n) is 3.30. The number of ether oxygens (including phenoxy) is 1. The molecule has 0 aliphatic rings. The molecule has 0 aromatic heterocycles. The summed E-state index contributed by atoms with van der Waals surface area (Å²) in [6.07, 6.45) is 0.822. The first-order chi connectivity index (χ1) is 13.8. The Balaban J connectivity index is 2.30. The van der Waals surface area contributed by atoms with Gasteiger partial charge in [0.25, 0.3) is 0 Å². The third kappa shape index (κ3) is 6.34. The average molecular weight is 397 g/mol. The summed E-state index contributed by atoms with van der Waals surface area (Å²) in [4.78, 5) is 27.8. The maximum atomic E-state index is 13.3. The zero-order valence-corrected chi connectivity index (χ0v) is 18.1. The fraction of sp³-hybridized carbons (Fsp3) is 0.417. The number of methoxy groups -OCH3 is 1. The summed E-state index contributed by atoms with van der Waals surface area (Å²) in [5.41, 5.74) is 3.01. The predicted molar refractivity (Wildman–Crippen MR) is 116 cm³/mol. The summed E-state index contributed by atoms with van der Waals surface area (Å²) >= 11 is 0. The SMILES string of the molecule is CC[C@@H](C(=O)NC(C)C)N(Cc1ccc(OC)cc1)C(=O)Cc1ccccc1C. The molecule has 5 nitrogen and oxygen atoms in total. The van der Waals surface area contributed by atoms with E-state index in [9.17, 15) is 9.59 Å². The Labute approximate surface area is 174 Å². The van der Waals surface area contributed by atoms with Crippen LogP contribution in [-0.4, -0.2) is 35.9 Å². The van der Waals surface area contributed by atoms with Crippen LogP contribution in [0.4, 0.5) is 0 Å². The Morgan fingerprint density at radius 3 is 2.28 bits per heavy atom. The maximum Gasteiger partial charge on any atom is 0.243 e. The van der Waals surface area contributed by atoms with E-state index in [1.807, 2.05) is 76.2 Å². The maximum absolute atomic E-state index is 13.3. The number of carbonyl (C=O) groups excluding carboxylic acids is 2. The van der Waals surface area contributed by atoms with E-state index in [4.69, 9.17) is 4.74 Å². The van der Waals surface area contributed by atoms with E-state index >= 15 is 0 Å².